The van der Waals surface area contributed by atoms with Crippen LogP contribution in [-0.2, 0) is 14.3 Å². The molecule has 2 aromatic rings. The molecule has 1 saturated heterocycles. The van der Waals surface area contributed by atoms with Crippen molar-refractivity contribution >= 4 is 23.4 Å². The summed E-state index contributed by atoms with van der Waals surface area (Å²) in [5.41, 5.74) is 1.56. The average molecular weight is 507 g/mol. The van der Waals surface area contributed by atoms with Gasteiger partial charge in [0.25, 0.3) is 11.7 Å². The fraction of sp³-hybridized carbons (Fsp3) is 0.433. The highest BCUT2D eigenvalue weighted by Gasteiger charge is 2.45. The first-order valence-electron chi connectivity index (χ1n) is 13.2. The van der Waals surface area contributed by atoms with E-state index in [4.69, 9.17) is 4.74 Å². The van der Waals surface area contributed by atoms with Gasteiger partial charge in [-0.15, -0.1) is 0 Å². The lowest BCUT2D eigenvalue weighted by Gasteiger charge is -2.27. The summed E-state index contributed by atoms with van der Waals surface area (Å²) in [6, 6.07) is 14.7. The van der Waals surface area contributed by atoms with Gasteiger partial charge in [0.05, 0.1) is 24.3 Å². The van der Waals surface area contributed by atoms with Crippen LogP contribution in [0.25, 0.3) is 5.76 Å². The van der Waals surface area contributed by atoms with Gasteiger partial charge >= 0.3 is 5.97 Å². The molecule has 7 nitrogen and oxygen atoms in total. The number of carbonyl (C=O) groups excluding carboxylic acids is 3. The maximum Gasteiger partial charge on any atom is 0.337 e. The molecule has 198 valence electrons. The summed E-state index contributed by atoms with van der Waals surface area (Å²) >= 11 is 0. The number of unbranched alkanes of at least 4 members (excludes halogenated alkanes) is 2. The van der Waals surface area contributed by atoms with Crippen molar-refractivity contribution in [3.05, 3.63) is 76.9 Å². The van der Waals surface area contributed by atoms with Gasteiger partial charge in [0.1, 0.15) is 5.76 Å². The number of carbonyl (C=O) groups is 3. The van der Waals surface area contributed by atoms with Gasteiger partial charge in [-0.1, -0.05) is 69.2 Å². The third-order valence-electron chi connectivity index (χ3n) is 6.76. The molecule has 1 N–H and O–H groups in total. The van der Waals surface area contributed by atoms with E-state index in [9.17, 15) is 19.5 Å². The molecule has 1 heterocycles. The molecule has 37 heavy (non-hydrogen) atoms. The van der Waals surface area contributed by atoms with Crippen LogP contribution in [0.4, 0.5) is 0 Å². The van der Waals surface area contributed by atoms with E-state index < -0.39 is 23.7 Å². The van der Waals surface area contributed by atoms with Gasteiger partial charge in [0.2, 0.25) is 0 Å². The summed E-state index contributed by atoms with van der Waals surface area (Å²) < 4.78 is 4.79. The predicted molar refractivity (Wildman–Crippen MR) is 144 cm³/mol. The van der Waals surface area contributed by atoms with Crippen molar-refractivity contribution in [2.45, 2.75) is 52.0 Å². The molecule has 1 fully saturated rings. The van der Waals surface area contributed by atoms with Crippen molar-refractivity contribution in [1.82, 2.24) is 9.80 Å². The number of aliphatic hydroxyl groups excluding tert-OH is 1. The summed E-state index contributed by atoms with van der Waals surface area (Å²) in [5, 5.41) is 11.1. The van der Waals surface area contributed by atoms with Crippen LogP contribution < -0.4 is 0 Å². The monoisotopic (exact) mass is 506 g/mol. The number of methoxy groups -OCH3 is 1. The number of amides is 1. The van der Waals surface area contributed by atoms with Crippen LogP contribution in [0.5, 0.6) is 0 Å². The first-order chi connectivity index (χ1) is 17.9. The van der Waals surface area contributed by atoms with Crippen molar-refractivity contribution in [3.8, 4) is 0 Å². The summed E-state index contributed by atoms with van der Waals surface area (Å²) in [6.07, 6.45) is 5.20. The molecular weight excluding hydrogens is 468 g/mol. The van der Waals surface area contributed by atoms with Crippen LogP contribution in [0.15, 0.2) is 60.2 Å². The molecule has 0 aromatic heterocycles. The molecule has 0 bridgehead atoms. The molecule has 1 aliphatic rings. The first kappa shape index (κ1) is 28.1. The molecule has 0 aliphatic carbocycles. The molecule has 0 unspecified atom stereocenters. The number of likely N-dealkylation sites (tertiary alicyclic amines) is 1. The Bertz CT molecular complexity index is 1090. The van der Waals surface area contributed by atoms with E-state index in [1.54, 1.807) is 53.4 Å². The lowest BCUT2D eigenvalue weighted by molar-refractivity contribution is -0.140. The summed E-state index contributed by atoms with van der Waals surface area (Å²) in [5.74, 6) is -1.98. The number of ether oxygens (including phenoxy) is 1. The quantitative estimate of drug-likeness (QED) is 0.174. The van der Waals surface area contributed by atoms with E-state index in [1.807, 2.05) is 6.07 Å². The van der Waals surface area contributed by atoms with Crippen LogP contribution in [0.1, 0.15) is 73.5 Å². The summed E-state index contributed by atoms with van der Waals surface area (Å²) in [6.45, 7) is 7.60. The number of ketones is 1. The molecule has 0 radical (unpaired) electrons. The second kappa shape index (κ2) is 13.7. The highest BCUT2D eigenvalue weighted by molar-refractivity contribution is 6.46. The Morgan fingerprint density at radius 1 is 0.892 bits per heavy atom. The van der Waals surface area contributed by atoms with Crippen LogP contribution in [-0.4, -0.2) is 65.9 Å². The molecule has 0 spiro atoms. The van der Waals surface area contributed by atoms with Gasteiger partial charge in [-0.2, -0.15) is 0 Å². The Balaban J connectivity index is 1.92. The average Bonchev–Trinajstić information content (AvgIpc) is 3.18. The molecule has 1 aliphatic heterocycles. The summed E-state index contributed by atoms with van der Waals surface area (Å²) in [7, 11) is 1.31. The van der Waals surface area contributed by atoms with Crippen molar-refractivity contribution in [3.63, 3.8) is 0 Å². The Labute approximate surface area is 219 Å². The highest BCUT2D eigenvalue weighted by atomic mass is 16.5. The van der Waals surface area contributed by atoms with Gasteiger partial charge in [-0.05, 0) is 56.6 Å². The van der Waals surface area contributed by atoms with Crippen LogP contribution >= 0.6 is 0 Å². The molecule has 1 atom stereocenters. The Morgan fingerprint density at radius 3 is 2.05 bits per heavy atom. The maximum atomic E-state index is 13.2. The van der Waals surface area contributed by atoms with E-state index in [1.165, 1.54) is 7.11 Å². The number of Topliss-reactive ketones (excluding diaryl/α,β-unsaturated/α-hetero) is 1. The van der Waals surface area contributed by atoms with Crippen molar-refractivity contribution in [2.24, 2.45) is 0 Å². The SMILES string of the molecule is CCCCN(CCCC)CCCN1C(=O)C(=O)C(=C(O)c2ccccc2)[C@H]1c1ccc(C(=O)OC)cc1. The minimum atomic E-state index is -0.744. The van der Waals surface area contributed by atoms with Crippen LogP contribution in [0, 0.1) is 0 Å². The topological polar surface area (TPSA) is 87.2 Å². The molecule has 3 rings (SSSR count). The zero-order chi connectivity index (χ0) is 26.8. The zero-order valence-electron chi connectivity index (χ0n) is 22.1. The van der Waals surface area contributed by atoms with Crippen LogP contribution in [0.3, 0.4) is 0 Å². The van der Waals surface area contributed by atoms with E-state index >= 15 is 0 Å². The van der Waals surface area contributed by atoms with E-state index in [0.29, 0.717) is 29.7 Å². The van der Waals surface area contributed by atoms with E-state index in [0.717, 1.165) is 45.3 Å². The predicted octanol–water partition coefficient (Wildman–Crippen LogP) is 5.19. The fourth-order valence-electron chi connectivity index (χ4n) is 4.69. The number of nitrogens with zero attached hydrogens (tertiary/aromatic N) is 2. The molecule has 7 heteroatoms. The maximum absolute atomic E-state index is 13.2. The Hall–Kier alpha value is -3.45. The number of esters is 1. The number of hydrogen-bond donors (Lipinski definition) is 1. The largest absolute Gasteiger partial charge is 0.507 e. The fourth-order valence-corrected chi connectivity index (χ4v) is 4.69. The molecule has 2 aromatic carbocycles. The second-order valence-corrected chi connectivity index (χ2v) is 9.37. The van der Waals surface area contributed by atoms with Gasteiger partial charge in [-0.25, -0.2) is 4.79 Å². The number of hydrogen-bond acceptors (Lipinski definition) is 6. The Morgan fingerprint density at radius 2 is 1.49 bits per heavy atom. The minimum absolute atomic E-state index is 0.0656. The number of aliphatic hydroxyl groups is 1. The third-order valence-corrected chi connectivity index (χ3v) is 6.76. The molecule has 0 saturated carbocycles. The Kier molecular flexibility index (Phi) is 10.4. The van der Waals surface area contributed by atoms with E-state index in [-0.39, 0.29) is 11.3 Å². The highest BCUT2D eigenvalue weighted by Crippen LogP contribution is 2.39. The van der Waals surface area contributed by atoms with Crippen molar-refractivity contribution in [2.75, 3.05) is 33.3 Å². The van der Waals surface area contributed by atoms with Gasteiger partial charge < -0.3 is 19.6 Å². The minimum Gasteiger partial charge on any atom is -0.507 e. The number of rotatable bonds is 13. The molecular formula is C30H38N2O5. The van der Waals surface area contributed by atoms with Crippen LogP contribution in [0.2, 0.25) is 0 Å². The van der Waals surface area contributed by atoms with Crippen molar-refractivity contribution < 1.29 is 24.2 Å². The lowest BCUT2D eigenvalue weighted by Crippen LogP contribution is -2.34. The summed E-state index contributed by atoms with van der Waals surface area (Å²) in [4.78, 5) is 42.4. The number of benzene rings is 2. The van der Waals surface area contributed by atoms with E-state index in [2.05, 4.69) is 18.7 Å². The lowest BCUT2D eigenvalue weighted by atomic mass is 9.94. The smallest absolute Gasteiger partial charge is 0.337 e. The molecule has 1 amide bonds. The third kappa shape index (κ3) is 6.86. The first-order valence-corrected chi connectivity index (χ1v) is 13.2. The van der Waals surface area contributed by atoms with Crippen molar-refractivity contribution in [1.29, 1.82) is 0 Å². The zero-order valence-corrected chi connectivity index (χ0v) is 22.1. The normalized spacial score (nSPS) is 17.0. The standard InChI is InChI=1S/C30H38N2O5/c1-4-6-18-31(19-7-5-2)20-11-21-32-26(22-14-16-24(17-15-22)30(36)37-3)25(28(34)29(32)35)27(33)23-12-9-8-10-13-23/h8-10,12-17,26,33H,4-7,11,18-21H2,1-3H3/t26-/m1/s1. The second-order valence-electron chi connectivity index (χ2n) is 9.37. The van der Waals surface area contributed by atoms with Gasteiger partial charge in [0.15, 0.2) is 0 Å². The van der Waals surface area contributed by atoms with Gasteiger partial charge in [-0.3, -0.25) is 9.59 Å². The van der Waals surface area contributed by atoms with Gasteiger partial charge in [0, 0.05) is 12.1 Å².